The molecule has 3 rings (SSSR count). The molecule has 322 valence electrons. The number of hydrogen-bond acceptors (Lipinski definition) is 14. The summed E-state index contributed by atoms with van der Waals surface area (Å²) in [4.78, 5) is 62.4. The number of halogens is 1. The van der Waals surface area contributed by atoms with Crippen LogP contribution in [0.2, 0.25) is 5.02 Å². The van der Waals surface area contributed by atoms with Gasteiger partial charge in [0.25, 0.3) is 5.91 Å². The second-order valence-corrected chi connectivity index (χ2v) is 14.8. The summed E-state index contributed by atoms with van der Waals surface area (Å²) in [6, 6.07) is 7.60. The van der Waals surface area contributed by atoms with Crippen molar-refractivity contribution in [2.24, 2.45) is 0 Å². The predicted octanol–water partition coefficient (Wildman–Crippen LogP) is 2.57. The van der Waals surface area contributed by atoms with Gasteiger partial charge in [-0.15, -0.1) is 0 Å². The van der Waals surface area contributed by atoms with Crippen molar-refractivity contribution in [3.8, 4) is 11.5 Å². The van der Waals surface area contributed by atoms with E-state index in [0.29, 0.717) is 43.5 Å². The second kappa shape index (κ2) is 23.0. The molecule has 0 aliphatic carbocycles. The minimum Gasteiger partial charge on any atom is -0.496 e. The zero-order valence-electron chi connectivity index (χ0n) is 33.5. The average Bonchev–Trinajstić information content (AvgIpc) is 3.17. The number of nitrogens with one attached hydrogen (secondary N) is 4. The van der Waals surface area contributed by atoms with Gasteiger partial charge in [-0.3, -0.25) is 14.4 Å². The van der Waals surface area contributed by atoms with Gasteiger partial charge in [0.1, 0.15) is 54.1 Å². The molecule has 58 heavy (non-hydrogen) atoms. The average molecular weight is 839 g/mol. The first kappa shape index (κ1) is 47.7. The Morgan fingerprint density at radius 2 is 1.66 bits per heavy atom. The lowest BCUT2D eigenvalue weighted by Crippen LogP contribution is -2.64. The SMILES string of the molecule is COC(=O)[C@H](CCCCNC(=O)CCCC(=O)Nc1cccc(COc2cc(OC)c(C(=O)N[C@H]3[C@@H](OC)O[C@H](CO)[C@@H](O)[C@@H]3O)cc2Cl)c1)NC(=O)OC(C)(C)C. The number of esters is 1. The molecule has 2 aromatic carbocycles. The lowest BCUT2D eigenvalue weighted by Gasteiger charge is -2.41. The summed E-state index contributed by atoms with van der Waals surface area (Å²) in [6.07, 6.45) is -4.09. The number of ether oxygens (including phenoxy) is 6. The van der Waals surface area contributed by atoms with E-state index in [-0.39, 0.29) is 53.3 Å². The smallest absolute Gasteiger partial charge is 0.408 e. The molecule has 7 N–H and O–H groups in total. The van der Waals surface area contributed by atoms with E-state index < -0.39 is 66.9 Å². The monoisotopic (exact) mass is 838 g/mol. The van der Waals surface area contributed by atoms with Crippen LogP contribution in [-0.4, -0.2) is 122 Å². The number of unbranched alkanes of at least 4 members (excludes halogenated alkanes) is 1. The Kier molecular flexibility index (Phi) is 18.9. The van der Waals surface area contributed by atoms with Gasteiger partial charge < -0.3 is 65.0 Å². The Morgan fingerprint density at radius 3 is 2.31 bits per heavy atom. The fraction of sp³-hybridized carbons (Fsp3) is 0.564. The van der Waals surface area contributed by atoms with Crippen molar-refractivity contribution >= 4 is 47.1 Å². The molecule has 1 aliphatic heterocycles. The molecule has 0 unspecified atom stereocenters. The van der Waals surface area contributed by atoms with Crippen LogP contribution < -0.4 is 30.7 Å². The number of hydrogen-bond donors (Lipinski definition) is 7. The minimum atomic E-state index is -1.52. The number of carbonyl (C=O) groups excluding carboxylic acids is 5. The molecule has 4 amide bonds. The maximum Gasteiger partial charge on any atom is 0.408 e. The highest BCUT2D eigenvalue weighted by atomic mass is 35.5. The largest absolute Gasteiger partial charge is 0.496 e. The highest BCUT2D eigenvalue weighted by molar-refractivity contribution is 6.32. The van der Waals surface area contributed by atoms with Gasteiger partial charge >= 0.3 is 12.1 Å². The molecule has 1 saturated heterocycles. The number of benzene rings is 2. The summed E-state index contributed by atoms with van der Waals surface area (Å²) in [5.41, 5.74) is 0.474. The van der Waals surface area contributed by atoms with Crippen molar-refractivity contribution in [3.63, 3.8) is 0 Å². The second-order valence-electron chi connectivity index (χ2n) is 14.4. The molecule has 2 aromatic rings. The Hall–Kier alpha value is -4.72. The van der Waals surface area contributed by atoms with E-state index in [2.05, 4.69) is 21.3 Å². The van der Waals surface area contributed by atoms with Gasteiger partial charge in [0, 0.05) is 38.2 Å². The van der Waals surface area contributed by atoms with Crippen molar-refractivity contribution in [1.82, 2.24) is 16.0 Å². The first-order valence-electron chi connectivity index (χ1n) is 18.7. The molecule has 0 radical (unpaired) electrons. The standard InChI is InChI=1S/C39H55ClN4O14/c1-39(2,3)58-38(52)43-26(36(51)54-5)13-7-8-16-41-30(46)14-10-15-31(47)42-23-12-9-11-22(17-23)21-56-28-19-27(53-4)24(18-25(28)40)35(50)44-32-34(49)33(48)29(20-45)57-37(32)55-6/h9,11-12,17-19,26,29,32-34,37,45,48-49H,7-8,10,13-16,20-21H2,1-6H3,(H,41,46)(H,42,47)(H,43,52)(H,44,50)/t26-,29+,32+,33+,34+,37-/m0/s1. The lowest BCUT2D eigenvalue weighted by molar-refractivity contribution is -0.261. The third kappa shape index (κ3) is 14.9. The molecule has 19 heteroatoms. The number of aliphatic hydroxyl groups is 3. The number of carbonyl (C=O) groups is 5. The number of anilines is 1. The Bertz CT molecular complexity index is 1700. The van der Waals surface area contributed by atoms with Crippen molar-refractivity contribution in [2.75, 3.05) is 39.8 Å². The van der Waals surface area contributed by atoms with Gasteiger partial charge in [-0.25, -0.2) is 9.59 Å². The van der Waals surface area contributed by atoms with Crippen molar-refractivity contribution in [2.45, 2.75) is 108 Å². The van der Waals surface area contributed by atoms with E-state index in [9.17, 15) is 39.3 Å². The molecule has 0 aromatic heterocycles. The van der Waals surface area contributed by atoms with E-state index in [1.165, 1.54) is 33.5 Å². The summed E-state index contributed by atoms with van der Waals surface area (Å²) in [6.45, 7) is 4.96. The van der Waals surface area contributed by atoms with E-state index >= 15 is 0 Å². The number of methoxy groups -OCH3 is 3. The molecule has 1 heterocycles. The van der Waals surface area contributed by atoms with Crippen molar-refractivity contribution < 1.29 is 67.7 Å². The van der Waals surface area contributed by atoms with Crippen LogP contribution in [0.5, 0.6) is 11.5 Å². The third-order valence-corrected chi connectivity index (χ3v) is 9.04. The zero-order valence-corrected chi connectivity index (χ0v) is 34.3. The summed E-state index contributed by atoms with van der Waals surface area (Å²) >= 11 is 6.48. The van der Waals surface area contributed by atoms with Gasteiger partial charge in [-0.1, -0.05) is 23.7 Å². The van der Waals surface area contributed by atoms with Crippen LogP contribution in [0, 0.1) is 0 Å². The molecule has 6 atom stereocenters. The zero-order chi connectivity index (χ0) is 43.0. The van der Waals surface area contributed by atoms with E-state index in [4.69, 9.17) is 40.0 Å². The molecule has 18 nitrogen and oxygen atoms in total. The summed E-state index contributed by atoms with van der Waals surface area (Å²) < 4.78 is 32.0. The van der Waals surface area contributed by atoms with Crippen LogP contribution in [0.3, 0.4) is 0 Å². The van der Waals surface area contributed by atoms with E-state index in [0.717, 1.165) is 0 Å². The van der Waals surface area contributed by atoms with Crippen LogP contribution in [0.15, 0.2) is 36.4 Å². The maximum atomic E-state index is 13.3. The topological polar surface area (TPSA) is 250 Å². The molecule has 1 aliphatic rings. The Balaban J connectivity index is 1.44. The quantitative estimate of drug-likeness (QED) is 0.0749. The van der Waals surface area contributed by atoms with Crippen LogP contribution in [0.4, 0.5) is 10.5 Å². The van der Waals surface area contributed by atoms with Crippen molar-refractivity contribution in [1.29, 1.82) is 0 Å². The molecule has 1 fully saturated rings. The van der Waals surface area contributed by atoms with Crippen molar-refractivity contribution in [3.05, 3.63) is 52.5 Å². The number of amides is 4. The number of rotatable bonds is 20. The van der Waals surface area contributed by atoms with E-state index in [1.54, 1.807) is 45.0 Å². The Labute approximate surface area is 342 Å². The van der Waals surface area contributed by atoms with Gasteiger partial charge in [-0.05, 0) is 70.2 Å². The van der Waals surface area contributed by atoms with Crippen LogP contribution in [-0.2, 0) is 39.9 Å². The van der Waals surface area contributed by atoms with Crippen LogP contribution >= 0.6 is 11.6 Å². The van der Waals surface area contributed by atoms with Crippen LogP contribution in [0.25, 0.3) is 0 Å². The minimum absolute atomic E-state index is 0.000407. The summed E-state index contributed by atoms with van der Waals surface area (Å²) in [5, 5.41) is 41.1. The molecule has 0 spiro atoms. The summed E-state index contributed by atoms with van der Waals surface area (Å²) in [7, 11) is 3.86. The molecular weight excluding hydrogens is 784 g/mol. The first-order valence-corrected chi connectivity index (χ1v) is 19.1. The first-order chi connectivity index (χ1) is 27.5. The van der Waals surface area contributed by atoms with Gasteiger partial charge in [-0.2, -0.15) is 0 Å². The predicted molar refractivity (Wildman–Crippen MR) is 209 cm³/mol. The fourth-order valence-corrected chi connectivity index (χ4v) is 6.04. The fourth-order valence-electron chi connectivity index (χ4n) is 5.82. The van der Waals surface area contributed by atoms with Crippen LogP contribution in [0.1, 0.15) is 75.2 Å². The highest BCUT2D eigenvalue weighted by Gasteiger charge is 2.45. The van der Waals surface area contributed by atoms with Gasteiger partial charge in [0.2, 0.25) is 11.8 Å². The molecule has 0 bridgehead atoms. The van der Waals surface area contributed by atoms with E-state index in [1.807, 2.05) is 0 Å². The van der Waals surface area contributed by atoms with Gasteiger partial charge in [0.05, 0.1) is 31.4 Å². The Morgan fingerprint density at radius 1 is 0.931 bits per heavy atom. The number of alkyl carbamates (subject to hydrolysis) is 1. The number of aliphatic hydroxyl groups excluding tert-OH is 3. The molecular formula is C39H55ClN4O14. The lowest BCUT2D eigenvalue weighted by atomic mass is 9.96. The van der Waals surface area contributed by atoms with Gasteiger partial charge in [0.15, 0.2) is 6.29 Å². The highest BCUT2D eigenvalue weighted by Crippen LogP contribution is 2.34. The molecule has 0 saturated carbocycles. The normalized spacial score (nSPS) is 19.6. The third-order valence-electron chi connectivity index (χ3n) is 8.74. The maximum absolute atomic E-state index is 13.3. The summed E-state index contributed by atoms with van der Waals surface area (Å²) in [5.74, 6) is -1.52.